The first kappa shape index (κ1) is 14.3. The van der Waals surface area contributed by atoms with E-state index in [0.29, 0.717) is 18.7 Å². The van der Waals surface area contributed by atoms with Crippen molar-refractivity contribution in [2.75, 3.05) is 6.54 Å². The minimum atomic E-state index is -0.132. The van der Waals surface area contributed by atoms with Crippen LogP contribution >= 0.6 is 11.3 Å². The number of nitrogens with two attached hydrogens (primary N) is 1. The Morgan fingerprint density at radius 2 is 2.35 bits per heavy atom. The molecule has 0 radical (unpaired) electrons. The van der Waals surface area contributed by atoms with Crippen LogP contribution in [0.1, 0.15) is 26.6 Å². The molecule has 102 valence electrons. The molecule has 2 rings (SSSR count). The highest BCUT2D eigenvalue weighted by atomic mass is 32.1. The van der Waals surface area contributed by atoms with Crippen molar-refractivity contribution >= 4 is 17.2 Å². The fourth-order valence-electron chi connectivity index (χ4n) is 1.65. The normalized spacial score (nSPS) is 9.70. The summed E-state index contributed by atoms with van der Waals surface area (Å²) in [7, 11) is 0. The monoisotopic (exact) mass is 285 g/mol. The zero-order chi connectivity index (χ0) is 14.4. The Bertz CT molecular complexity index is 667. The maximum Gasteiger partial charge on any atom is 0.251 e. The molecule has 0 saturated carbocycles. The second-order valence-electron chi connectivity index (χ2n) is 4.13. The predicted molar refractivity (Wildman–Crippen MR) is 80.4 cm³/mol. The van der Waals surface area contributed by atoms with Crippen molar-refractivity contribution in [3.63, 3.8) is 0 Å². The van der Waals surface area contributed by atoms with Gasteiger partial charge in [0.05, 0.1) is 23.8 Å². The van der Waals surface area contributed by atoms with E-state index in [1.54, 1.807) is 23.5 Å². The van der Waals surface area contributed by atoms with Crippen LogP contribution in [0.15, 0.2) is 29.6 Å². The molecular weight excluding hydrogens is 270 g/mol. The molecule has 1 amide bonds. The summed E-state index contributed by atoms with van der Waals surface area (Å²) in [6.45, 7) is 2.68. The molecule has 0 fully saturated rings. The van der Waals surface area contributed by atoms with Crippen molar-refractivity contribution in [1.29, 1.82) is 0 Å². The van der Waals surface area contributed by atoms with E-state index < -0.39 is 0 Å². The molecule has 1 aromatic heterocycles. The number of carbonyl (C=O) groups excluding carboxylic acids is 1. The van der Waals surface area contributed by atoms with E-state index in [-0.39, 0.29) is 5.91 Å². The fourth-order valence-corrected chi connectivity index (χ4v) is 2.27. The molecule has 0 atom stereocenters. The van der Waals surface area contributed by atoms with E-state index >= 15 is 0 Å². The summed E-state index contributed by atoms with van der Waals surface area (Å²) in [5.74, 6) is 5.55. The zero-order valence-electron chi connectivity index (χ0n) is 11.1. The molecule has 0 bridgehead atoms. The van der Waals surface area contributed by atoms with Crippen molar-refractivity contribution in [2.24, 2.45) is 5.73 Å². The van der Waals surface area contributed by atoms with Crippen LogP contribution in [0, 0.1) is 18.8 Å². The Morgan fingerprint density at radius 1 is 1.50 bits per heavy atom. The molecule has 1 heterocycles. The number of amides is 1. The first-order valence-electron chi connectivity index (χ1n) is 6.17. The highest BCUT2D eigenvalue weighted by Crippen LogP contribution is 2.08. The molecule has 0 saturated heterocycles. The quantitative estimate of drug-likeness (QED) is 0.843. The molecule has 0 spiro atoms. The predicted octanol–water partition coefficient (Wildman–Crippen LogP) is 1.69. The van der Waals surface area contributed by atoms with Gasteiger partial charge in [-0.25, -0.2) is 4.98 Å². The first-order valence-corrected chi connectivity index (χ1v) is 7.05. The number of carbonyl (C=O) groups is 1. The molecule has 5 heteroatoms. The van der Waals surface area contributed by atoms with Crippen LogP contribution in [-0.4, -0.2) is 17.4 Å². The lowest BCUT2D eigenvalue weighted by Crippen LogP contribution is -2.23. The van der Waals surface area contributed by atoms with Gasteiger partial charge in [0.2, 0.25) is 0 Å². The van der Waals surface area contributed by atoms with Crippen molar-refractivity contribution in [1.82, 2.24) is 10.3 Å². The summed E-state index contributed by atoms with van der Waals surface area (Å²) in [6, 6.07) is 7.17. The van der Waals surface area contributed by atoms with Gasteiger partial charge >= 0.3 is 0 Å². The van der Waals surface area contributed by atoms with Gasteiger partial charge in [0.15, 0.2) is 0 Å². The summed E-state index contributed by atoms with van der Waals surface area (Å²) in [5.41, 5.74) is 7.57. The maximum absolute atomic E-state index is 12.0. The van der Waals surface area contributed by atoms with Gasteiger partial charge in [-0.2, -0.15) is 0 Å². The van der Waals surface area contributed by atoms with Crippen molar-refractivity contribution in [3.05, 3.63) is 51.5 Å². The number of benzene rings is 1. The van der Waals surface area contributed by atoms with Crippen LogP contribution in [0.25, 0.3) is 0 Å². The van der Waals surface area contributed by atoms with E-state index in [0.717, 1.165) is 16.3 Å². The van der Waals surface area contributed by atoms with E-state index in [9.17, 15) is 4.79 Å². The Morgan fingerprint density at radius 3 is 3.05 bits per heavy atom. The van der Waals surface area contributed by atoms with Crippen molar-refractivity contribution < 1.29 is 4.79 Å². The summed E-state index contributed by atoms with van der Waals surface area (Å²) < 4.78 is 0. The average molecular weight is 285 g/mol. The highest BCUT2D eigenvalue weighted by Gasteiger charge is 2.06. The minimum Gasteiger partial charge on any atom is -0.346 e. The fraction of sp³-hybridized carbons (Fsp3) is 0.200. The third-order valence-electron chi connectivity index (χ3n) is 2.56. The van der Waals surface area contributed by atoms with Crippen LogP contribution < -0.4 is 11.1 Å². The number of rotatable bonds is 3. The largest absolute Gasteiger partial charge is 0.346 e. The molecular formula is C15H15N3OS. The van der Waals surface area contributed by atoms with Crippen LogP contribution in [0.2, 0.25) is 0 Å². The number of thiazole rings is 1. The van der Waals surface area contributed by atoms with Crippen LogP contribution in [0.4, 0.5) is 0 Å². The number of aromatic nitrogens is 1. The number of nitrogens with one attached hydrogen (secondary N) is 1. The van der Waals surface area contributed by atoms with Gasteiger partial charge in [0, 0.05) is 16.5 Å². The molecule has 0 aliphatic carbocycles. The summed E-state index contributed by atoms with van der Waals surface area (Å²) in [6.07, 6.45) is 0. The lowest BCUT2D eigenvalue weighted by molar-refractivity contribution is 0.0950. The van der Waals surface area contributed by atoms with E-state index in [2.05, 4.69) is 22.1 Å². The number of hydrogen-bond donors (Lipinski definition) is 2. The SMILES string of the molecule is Cc1nc(CNC(=O)c2cccc(C#CCN)c2)cs1. The Balaban J connectivity index is 2.01. The Kier molecular flexibility index (Phi) is 4.88. The second kappa shape index (κ2) is 6.85. The van der Waals surface area contributed by atoms with Gasteiger partial charge in [-0.3, -0.25) is 4.79 Å². The average Bonchev–Trinajstić information content (AvgIpc) is 2.88. The van der Waals surface area contributed by atoms with Gasteiger partial charge in [0.1, 0.15) is 0 Å². The molecule has 0 aliphatic heterocycles. The highest BCUT2D eigenvalue weighted by molar-refractivity contribution is 7.09. The summed E-state index contributed by atoms with van der Waals surface area (Å²) in [4.78, 5) is 16.3. The third-order valence-corrected chi connectivity index (χ3v) is 3.38. The van der Waals surface area contributed by atoms with Gasteiger partial charge in [0.25, 0.3) is 5.91 Å². The summed E-state index contributed by atoms with van der Waals surface area (Å²) >= 11 is 1.57. The number of nitrogens with zero attached hydrogens (tertiary/aromatic N) is 1. The lowest BCUT2D eigenvalue weighted by Gasteiger charge is -2.03. The van der Waals surface area contributed by atoms with E-state index in [1.807, 2.05) is 24.4 Å². The zero-order valence-corrected chi connectivity index (χ0v) is 12.0. The van der Waals surface area contributed by atoms with Crippen LogP contribution in [0.3, 0.4) is 0 Å². The number of hydrogen-bond acceptors (Lipinski definition) is 4. The van der Waals surface area contributed by atoms with E-state index in [1.165, 1.54) is 0 Å². The molecule has 0 aliphatic rings. The minimum absolute atomic E-state index is 0.132. The Labute approximate surface area is 122 Å². The molecule has 1 aromatic carbocycles. The topological polar surface area (TPSA) is 68.0 Å². The van der Waals surface area contributed by atoms with Gasteiger partial charge < -0.3 is 11.1 Å². The Hall–Kier alpha value is -2.16. The number of aryl methyl sites for hydroxylation is 1. The van der Waals surface area contributed by atoms with Gasteiger partial charge in [-0.1, -0.05) is 17.9 Å². The van der Waals surface area contributed by atoms with Crippen LogP contribution in [-0.2, 0) is 6.54 Å². The molecule has 4 nitrogen and oxygen atoms in total. The lowest BCUT2D eigenvalue weighted by atomic mass is 10.1. The maximum atomic E-state index is 12.0. The molecule has 2 aromatic rings. The standard InChI is InChI=1S/C15H15N3OS/c1-11-18-14(10-20-11)9-17-15(19)13-6-2-4-12(8-13)5-3-7-16/h2,4,6,8,10H,7,9,16H2,1H3,(H,17,19). The summed E-state index contributed by atoms with van der Waals surface area (Å²) in [5, 5.41) is 5.78. The van der Waals surface area contributed by atoms with Crippen molar-refractivity contribution in [2.45, 2.75) is 13.5 Å². The molecule has 3 N–H and O–H groups in total. The third kappa shape index (κ3) is 3.92. The van der Waals surface area contributed by atoms with Crippen molar-refractivity contribution in [3.8, 4) is 11.8 Å². The van der Waals surface area contributed by atoms with Crippen LogP contribution in [0.5, 0.6) is 0 Å². The van der Waals surface area contributed by atoms with Gasteiger partial charge in [-0.15, -0.1) is 11.3 Å². The van der Waals surface area contributed by atoms with E-state index in [4.69, 9.17) is 5.73 Å². The molecule has 0 unspecified atom stereocenters. The second-order valence-corrected chi connectivity index (χ2v) is 5.19. The first-order chi connectivity index (χ1) is 9.69. The molecule has 20 heavy (non-hydrogen) atoms. The van der Waals surface area contributed by atoms with Gasteiger partial charge in [-0.05, 0) is 25.1 Å². The smallest absolute Gasteiger partial charge is 0.251 e.